The first-order chi connectivity index (χ1) is 12.9. The summed E-state index contributed by atoms with van der Waals surface area (Å²) < 4.78 is 18.6. The monoisotopic (exact) mass is 390 g/mol. The number of carbonyl (C=O) groups excluding carboxylic acids is 2. The Kier molecular flexibility index (Phi) is 4.22. The van der Waals surface area contributed by atoms with Crippen LogP contribution in [0.5, 0.6) is 5.75 Å². The second-order valence-electron chi connectivity index (χ2n) is 7.05. The van der Waals surface area contributed by atoms with Crippen molar-refractivity contribution in [3.63, 3.8) is 0 Å². The molecule has 5 rings (SSSR count). The minimum atomic E-state index is -0.602. The summed E-state index contributed by atoms with van der Waals surface area (Å²) in [5.74, 6) is -0.903. The van der Waals surface area contributed by atoms with Crippen molar-refractivity contribution in [1.29, 1.82) is 0 Å². The van der Waals surface area contributed by atoms with Gasteiger partial charge in [-0.15, -0.1) is 0 Å². The van der Waals surface area contributed by atoms with Crippen LogP contribution in [0.3, 0.4) is 0 Å². The van der Waals surface area contributed by atoms with Gasteiger partial charge in [-0.3, -0.25) is 9.59 Å². The number of hydrogen-bond donors (Lipinski definition) is 2. The summed E-state index contributed by atoms with van der Waals surface area (Å²) >= 11 is 5.60. The van der Waals surface area contributed by atoms with Gasteiger partial charge in [0.05, 0.1) is 5.02 Å². The van der Waals surface area contributed by atoms with Crippen molar-refractivity contribution in [3.05, 3.63) is 53.3 Å². The van der Waals surface area contributed by atoms with E-state index >= 15 is 0 Å². The highest BCUT2D eigenvalue weighted by molar-refractivity contribution is 6.30. The lowest BCUT2D eigenvalue weighted by Crippen LogP contribution is -2.84. The lowest BCUT2D eigenvalue weighted by molar-refractivity contribution is -0.141. The van der Waals surface area contributed by atoms with Gasteiger partial charge in [0.25, 0.3) is 11.8 Å². The van der Waals surface area contributed by atoms with Crippen molar-refractivity contribution in [2.75, 3.05) is 6.61 Å². The number of ether oxygens (including phenoxy) is 1. The fourth-order valence-electron chi connectivity index (χ4n) is 3.83. The molecule has 3 fully saturated rings. The minimum absolute atomic E-state index is 0.00465. The molecule has 0 atom stereocenters. The molecule has 2 aromatic rings. The van der Waals surface area contributed by atoms with Crippen molar-refractivity contribution in [1.82, 2.24) is 20.6 Å². The molecule has 0 radical (unpaired) electrons. The number of amides is 2. The average Bonchev–Trinajstić information content (AvgIpc) is 2.60. The Morgan fingerprint density at radius 3 is 2.59 bits per heavy atom. The SMILES string of the molecule is O=C(COc1ccc(Cl)c(F)c1)NC12CC(NC(=O)c3ccncn3)(C1)C2. The zero-order valence-corrected chi connectivity index (χ0v) is 14.9. The van der Waals surface area contributed by atoms with E-state index in [1.54, 1.807) is 6.07 Å². The van der Waals surface area contributed by atoms with E-state index in [9.17, 15) is 14.0 Å². The second-order valence-corrected chi connectivity index (χ2v) is 7.46. The Morgan fingerprint density at radius 2 is 1.93 bits per heavy atom. The summed E-state index contributed by atoms with van der Waals surface area (Å²) in [5.41, 5.74) is -0.267. The maximum absolute atomic E-state index is 13.4. The molecule has 140 valence electrons. The Hall–Kier alpha value is -2.74. The van der Waals surface area contributed by atoms with Gasteiger partial charge < -0.3 is 15.4 Å². The fourth-order valence-corrected chi connectivity index (χ4v) is 3.95. The van der Waals surface area contributed by atoms with E-state index in [0.29, 0.717) is 25.0 Å². The van der Waals surface area contributed by atoms with Crippen LogP contribution in [0, 0.1) is 5.82 Å². The molecule has 9 heteroatoms. The molecule has 3 aliphatic rings. The molecule has 2 amide bonds. The van der Waals surface area contributed by atoms with Crippen LogP contribution in [-0.4, -0.2) is 39.5 Å². The summed E-state index contributed by atoms with van der Waals surface area (Å²) in [7, 11) is 0. The van der Waals surface area contributed by atoms with Gasteiger partial charge in [0.15, 0.2) is 6.61 Å². The van der Waals surface area contributed by atoms with E-state index in [0.717, 1.165) is 6.07 Å². The summed E-state index contributed by atoms with van der Waals surface area (Å²) in [6.07, 6.45) is 4.83. The number of halogens is 2. The molecule has 0 unspecified atom stereocenters. The van der Waals surface area contributed by atoms with E-state index in [1.807, 2.05) is 0 Å². The lowest BCUT2D eigenvalue weighted by Gasteiger charge is -2.70. The first kappa shape index (κ1) is 17.7. The minimum Gasteiger partial charge on any atom is -0.484 e. The van der Waals surface area contributed by atoms with Gasteiger partial charge in [-0.05, 0) is 37.5 Å². The van der Waals surface area contributed by atoms with Crippen LogP contribution < -0.4 is 15.4 Å². The highest BCUT2D eigenvalue weighted by Crippen LogP contribution is 2.60. The summed E-state index contributed by atoms with van der Waals surface area (Å²) in [4.78, 5) is 32.0. The van der Waals surface area contributed by atoms with Gasteiger partial charge in [-0.25, -0.2) is 14.4 Å². The topological polar surface area (TPSA) is 93.2 Å². The number of aromatic nitrogens is 2. The first-order valence-electron chi connectivity index (χ1n) is 8.36. The smallest absolute Gasteiger partial charge is 0.270 e. The van der Waals surface area contributed by atoms with Gasteiger partial charge in [-0.1, -0.05) is 11.6 Å². The van der Waals surface area contributed by atoms with E-state index in [1.165, 1.54) is 24.7 Å². The number of nitrogens with zero attached hydrogens (tertiary/aromatic N) is 2. The van der Waals surface area contributed by atoms with Crippen molar-refractivity contribution in [3.8, 4) is 5.75 Å². The van der Waals surface area contributed by atoms with E-state index in [-0.39, 0.29) is 40.3 Å². The Morgan fingerprint density at radius 1 is 1.19 bits per heavy atom. The standard InChI is InChI=1S/C18H16ClFN4O3/c19-12-2-1-11(5-13(12)20)27-6-15(25)23-17-7-18(8-17,9-17)24-16(26)14-3-4-21-10-22-14/h1-5,10H,6-9H2,(H,23,25)(H,24,26). The van der Waals surface area contributed by atoms with Crippen LogP contribution in [-0.2, 0) is 4.79 Å². The van der Waals surface area contributed by atoms with Gasteiger partial charge >= 0.3 is 0 Å². The second kappa shape index (κ2) is 6.45. The number of nitrogens with one attached hydrogen (secondary N) is 2. The molecule has 3 saturated carbocycles. The lowest BCUT2D eigenvalue weighted by atomic mass is 9.44. The molecule has 0 saturated heterocycles. The van der Waals surface area contributed by atoms with Gasteiger partial charge in [0.1, 0.15) is 23.6 Å². The Balaban J connectivity index is 1.24. The molecule has 0 spiro atoms. The molecule has 2 N–H and O–H groups in total. The molecule has 1 heterocycles. The first-order valence-corrected chi connectivity index (χ1v) is 8.74. The molecule has 7 nitrogen and oxygen atoms in total. The predicted octanol–water partition coefficient (Wildman–Crippen LogP) is 1.87. The fraction of sp³-hybridized carbons (Fsp3) is 0.333. The van der Waals surface area contributed by atoms with Crippen LogP contribution in [0.2, 0.25) is 5.02 Å². The third kappa shape index (κ3) is 3.44. The zero-order chi connectivity index (χ0) is 19.1. The molecule has 3 aliphatic carbocycles. The van der Waals surface area contributed by atoms with E-state index in [2.05, 4.69) is 20.6 Å². The Labute approximate surface area is 159 Å². The molecule has 2 bridgehead atoms. The highest BCUT2D eigenvalue weighted by Gasteiger charge is 2.69. The zero-order valence-electron chi connectivity index (χ0n) is 14.2. The number of hydrogen-bond acceptors (Lipinski definition) is 5. The predicted molar refractivity (Wildman–Crippen MR) is 93.9 cm³/mol. The summed E-state index contributed by atoms with van der Waals surface area (Å²) in [6.45, 7) is -0.219. The maximum Gasteiger partial charge on any atom is 0.270 e. The third-order valence-corrected chi connectivity index (χ3v) is 5.20. The molecular weight excluding hydrogens is 375 g/mol. The van der Waals surface area contributed by atoms with Gasteiger partial charge in [0, 0.05) is 23.3 Å². The normalized spacial score (nSPS) is 25.0. The summed E-state index contributed by atoms with van der Waals surface area (Å²) in [5, 5.41) is 5.90. The quantitative estimate of drug-likeness (QED) is 0.785. The van der Waals surface area contributed by atoms with Crippen LogP contribution in [0.4, 0.5) is 4.39 Å². The van der Waals surface area contributed by atoms with Gasteiger partial charge in [0.2, 0.25) is 0 Å². The number of rotatable bonds is 6. The highest BCUT2D eigenvalue weighted by atomic mass is 35.5. The van der Waals surface area contributed by atoms with E-state index in [4.69, 9.17) is 16.3 Å². The average molecular weight is 391 g/mol. The number of carbonyl (C=O) groups is 2. The molecule has 27 heavy (non-hydrogen) atoms. The summed E-state index contributed by atoms with van der Waals surface area (Å²) in [6, 6.07) is 5.55. The van der Waals surface area contributed by atoms with Crippen LogP contribution in [0.1, 0.15) is 29.8 Å². The van der Waals surface area contributed by atoms with Crippen LogP contribution >= 0.6 is 11.6 Å². The third-order valence-electron chi connectivity index (χ3n) is 4.89. The maximum atomic E-state index is 13.4. The van der Waals surface area contributed by atoms with Crippen LogP contribution in [0.25, 0.3) is 0 Å². The largest absolute Gasteiger partial charge is 0.484 e. The van der Waals surface area contributed by atoms with Crippen molar-refractivity contribution < 1.29 is 18.7 Å². The van der Waals surface area contributed by atoms with E-state index < -0.39 is 5.82 Å². The molecular formula is C18H16ClFN4O3. The molecule has 1 aromatic carbocycles. The van der Waals surface area contributed by atoms with Crippen molar-refractivity contribution in [2.24, 2.45) is 0 Å². The van der Waals surface area contributed by atoms with Crippen LogP contribution in [0.15, 0.2) is 36.8 Å². The van der Waals surface area contributed by atoms with Crippen molar-refractivity contribution in [2.45, 2.75) is 30.3 Å². The molecule has 0 aliphatic heterocycles. The van der Waals surface area contributed by atoms with Crippen molar-refractivity contribution >= 4 is 23.4 Å². The van der Waals surface area contributed by atoms with Gasteiger partial charge in [-0.2, -0.15) is 0 Å². The Bertz CT molecular complexity index is 889. The number of benzene rings is 1. The molecule has 1 aromatic heterocycles.